The van der Waals surface area contributed by atoms with Crippen molar-refractivity contribution in [1.29, 1.82) is 0 Å². The molecule has 2 N–H and O–H groups in total. The van der Waals surface area contributed by atoms with Crippen molar-refractivity contribution in [2.24, 2.45) is 0 Å². The third kappa shape index (κ3) is 5.95. The Kier molecular flexibility index (Phi) is 7.49. The Balaban J connectivity index is 1.58. The summed E-state index contributed by atoms with van der Waals surface area (Å²) in [6.07, 6.45) is 0.395. The van der Waals surface area contributed by atoms with E-state index in [1.54, 1.807) is 23.9 Å². The van der Waals surface area contributed by atoms with Crippen LogP contribution in [0.2, 0.25) is 0 Å². The molecule has 29 heavy (non-hydrogen) atoms. The Hall–Kier alpha value is -2.57. The summed E-state index contributed by atoms with van der Waals surface area (Å²) in [7, 11) is 0. The predicted octanol–water partition coefficient (Wildman–Crippen LogP) is 6.13. The third-order valence-corrected chi connectivity index (χ3v) is 6.34. The summed E-state index contributed by atoms with van der Waals surface area (Å²) in [5.74, 6) is 0.444. The van der Waals surface area contributed by atoms with Crippen LogP contribution in [0.5, 0.6) is 0 Å². The minimum Gasteiger partial charge on any atom is -0.326 e. The number of amides is 2. The van der Waals surface area contributed by atoms with Crippen molar-refractivity contribution in [3.05, 3.63) is 88.4 Å². The number of hydrogen-bond acceptors (Lipinski definition) is 3. The molecule has 4 nitrogen and oxygen atoms in total. The maximum atomic E-state index is 12.4. The molecule has 0 aromatic heterocycles. The first-order chi connectivity index (χ1) is 14.0. The van der Waals surface area contributed by atoms with Crippen LogP contribution in [0.25, 0.3) is 0 Å². The van der Waals surface area contributed by atoms with Gasteiger partial charge >= 0.3 is 0 Å². The number of thioether (sulfide) groups is 1. The Morgan fingerprint density at radius 2 is 1.52 bits per heavy atom. The standard InChI is InChI=1S/C23H21BrN2O2S/c1-16-19(25-22(27)14-15-29-21-13-6-5-10-18(21)24)11-7-12-20(16)26-23(28)17-8-3-2-4-9-17/h2-13H,14-15H2,1H3,(H,25,27)(H,26,28). The normalized spacial score (nSPS) is 10.4. The van der Waals surface area contributed by atoms with E-state index in [9.17, 15) is 9.59 Å². The molecule has 0 heterocycles. The molecule has 0 radical (unpaired) electrons. The van der Waals surface area contributed by atoms with Crippen LogP contribution in [-0.4, -0.2) is 17.6 Å². The van der Waals surface area contributed by atoms with Crippen LogP contribution in [0.3, 0.4) is 0 Å². The van der Waals surface area contributed by atoms with Gasteiger partial charge in [0, 0.05) is 38.5 Å². The first-order valence-electron chi connectivity index (χ1n) is 9.18. The molecular weight excluding hydrogens is 448 g/mol. The van der Waals surface area contributed by atoms with Gasteiger partial charge in [-0.25, -0.2) is 0 Å². The number of rotatable bonds is 7. The van der Waals surface area contributed by atoms with Crippen molar-refractivity contribution in [3.8, 4) is 0 Å². The first kappa shape index (κ1) is 21.1. The second-order valence-corrected chi connectivity index (χ2v) is 8.37. The number of halogens is 1. The first-order valence-corrected chi connectivity index (χ1v) is 11.0. The molecule has 0 atom stereocenters. The average molecular weight is 469 g/mol. The molecule has 3 aromatic carbocycles. The molecule has 0 fully saturated rings. The molecule has 0 saturated carbocycles. The molecule has 0 saturated heterocycles. The van der Waals surface area contributed by atoms with Crippen LogP contribution in [-0.2, 0) is 4.79 Å². The van der Waals surface area contributed by atoms with E-state index in [1.807, 2.05) is 67.6 Å². The number of anilines is 2. The van der Waals surface area contributed by atoms with E-state index in [4.69, 9.17) is 0 Å². The zero-order valence-electron chi connectivity index (χ0n) is 15.9. The van der Waals surface area contributed by atoms with Crippen LogP contribution in [0.1, 0.15) is 22.3 Å². The van der Waals surface area contributed by atoms with Gasteiger partial charge in [0.1, 0.15) is 0 Å². The number of carbonyl (C=O) groups is 2. The van der Waals surface area contributed by atoms with Gasteiger partial charge in [0.2, 0.25) is 5.91 Å². The maximum Gasteiger partial charge on any atom is 0.255 e. The molecule has 0 unspecified atom stereocenters. The molecule has 148 valence electrons. The van der Waals surface area contributed by atoms with Gasteiger partial charge in [-0.05, 0) is 64.8 Å². The topological polar surface area (TPSA) is 58.2 Å². The Morgan fingerprint density at radius 3 is 2.24 bits per heavy atom. The summed E-state index contributed by atoms with van der Waals surface area (Å²) in [4.78, 5) is 25.9. The van der Waals surface area contributed by atoms with E-state index < -0.39 is 0 Å². The Labute approximate surface area is 183 Å². The van der Waals surface area contributed by atoms with Gasteiger partial charge in [-0.3, -0.25) is 9.59 Å². The summed E-state index contributed by atoms with van der Waals surface area (Å²) in [6, 6.07) is 22.5. The average Bonchev–Trinajstić information content (AvgIpc) is 2.73. The summed E-state index contributed by atoms with van der Waals surface area (Å²) < 4.78 is 1.03. The van der Waals surface area contributed by atoms with E-state index in [0.29, 0.717) is 29.1 Å². The molecule has 6 heteroatoms. The SMILES string of the molecule is Cc1c(NC(=O)CCSc2ccccc2Br)cccc1NC(=O)c1ccccc1. The number of carbonyl (C=O) groups excluding carboxylic acids is 2. The summed E-state index contributed by atoms with van der Waals surface area (Å²) >= 11 is 5.15. The smallest absolute Gasteiger partial charge is 0.255 e. The third-order valence-electron chi connectivity index (χ3n) is 4.32. The Bertz CT molecular complexity index is 1010. The van der Waals surface area contributed by atoms with E-state index in [0.717, 1.165) is 14.9 Å². The van der Waals surface area contributed by atoms with Crippen molar-refractivity contribution >= 4 is 50.9 Å². The van der Waals surface area contributed by atoms with E-state index in [-0.39, 0.29) is 11.8 Å². The molecule has 2 amide bonds. The quantitative estimate of drug-likeness (QED) is 0.410. The summed E-state index contributed by atoms with van der Waals surface area (Å²) in [5.41, 5.74) is 2.79. The van der Waals surface area contributed by atoms with E-state index >= 15 is 0 Å². The van der Waals surface area contributed by atoms with Crippen molar-refractivity contribution < 1.29 is 9.59 Å². The summed E-state index contributed by atoms with van der Waals surface area (Å²) in [6.45, 7) is 1.88. The van der Waals surface area contributed by atoms with E-state index in [2.05, 4.69) is 26.6 Å². The fraction of sp³-hybridized carbons (Fsp3) is 0.130. The molecule has 3 rings (SSSR count). The zero-order chi connectivity index (χ0) is 20.6. The fourth-order valence-electron chi connectivity index (χ4n) is 2.72. The van der Waals surface area contributed by atoms with Gasteiger partial charge in [0.15, 0.2) is 0 Å². The van der Waals surface area contributed by atoms with E-state index in [1.165, 1.54) is 0 Å². The highest BCUT2D eigenvalue weighted by Gasteiger charge is 2.11. The molecule has 0 aliphatic rings. The second-order valence-electron chi connectivity index (χ2n) is 6.38. The monoisotopic (exact) mass is 468 g/mol. The highest BCUT2D eigenvalue weighted by Crippen LogP contribution is 2.28. The lowest BCUT2D eigenvalue weighted by Gasteiger charge is -2.13. The van der Waals surface area contributed by atoms with Crippen molar-refractivity contribution in [1.82, 2.24) is 0 Å². The van der Waals surface area contributed by atoms with Gasteiger partial charge in [0.05, 0.1) is 0 Å². The molecule has 0 bridgehead atoms. The van der Waals surface area contributed by atoms with Gasteiger partial charge in [-0.2, -0.15) is 0 Å². The number of nitrogens with one attached hydrogen (secondary N) is 2. The lowest BCUT2D eigenvalue weighted by atomic mass is 10.1. The number of benzene rings is 3. The highest BCUT2D eigenvalue weighted by molar-refractivity contribution is 9.10. The Morgan fingerprint density at radius 1 is 0.862 bits per heavy atom. The van der Waals surface area contributed by atoms with Gasteiger partial charge in [0.25, 0.3) is 5.91 Å². The molecule has 0 aliphatic heterocycles. The van der Waals surface area contributed by atoms with Gasteiger partial charge in [-0.1, -0.05) is 36.4 Å². The molecule has 3 aromatic rings. The van der Waals surface area contributed by atoms with Crippen LogP contribution in [0.15, 0.2) is 82.2 Å². The molecular formula is C23H21BrN2O2S. The van der Waals surface area contributed by atoms with Crippen LogP contribution >= 0.6 is 27.7 Å². The van der Waals surface area contributed by atoms with Crippen molar-refractivity contribution in [3.63, 3.8) is 0 Å². The van der Waals surface area contributed by atoms with Crippen molar-refractivity contribution in [2.75, 3.05) is 16.4 Å². The summed E-state index contributed by atoms with van der Waals surface area (Å²) in [5, 5.41) is 5.86. The second kappa shape index (κ2) is 10.3. The fourth-order valence-corrected chi connectivity index (χ4v) is 4.23. The van der Waals surface area contributed by atoms with Gasteiger partial charge < -0.3 is 10.6 Å². The van der Waals surface area contributed by atoms with Crippen LogP contribution in [0, 0.1) is 6.92 Å². The minimum absolute atomic E-state index is 0.0563. The number of hydrogen-bond donors (Lipinski definition) is 2. The maximum absolute atomic E-state index is 12.4. The lowest BCUT2D eigenvalue weighted by molar-refractivity contribution is -0.115. The van der Waals surface area contributed by atoms with Gasteiger partial charge in [-0.15, -0.1) is 11.8 Å². The highest BCUT2D eigenvalue weighted by atomic mass is 79.9. The van der Waals surface area contributed by atoms with Crippen molar-refractivity contribution in [2.45, 2.75) is 18.2 Å². The predicted molar refractivity (Wildman–Crippen MR) is 124 cm³/mol. The zero-order valence-corrected chi connectivity index (χ0v) is 18.3. The van der Waals surface area contributed by atoms with Crippen LogP contribution < -0.4 is 10.6 Å². The van der Waals surface area contributed by atoms with Crippen LogP contribution in [0.4, 0.5) is 11.4 Å². The lowest BCUT2D eigenvalue weighted by Crippen LogP contribution is -2.16. The molecule has 0 spiro atoms. The largest absolute Gasteiger partial charge is 0.326 e. The minimum atomic E-state index is -0.179. The molecule has 0 aliphatic carbocycles.